The maximum absolute atomic E-state index is 13.4. The fraction of sp³-hybridized carbons (Fsp3) is 0.333. The Kier molecular flexibility index (Phi) is 5.84. The van der Waals surface area contributed by atoms with Crippen LogP contribution in [0.1, 0.15) is 22.5 Å². The number of carbonyl (C=O) groups excluding carboxylic acids is 1. The van der Waals surface area contributed by atoms with Crippen molar-refractivity contribution < 1.29 is 22.7 Å². The molecule has 1 amide bonds. The van der Waals surface area contributed by atoms with Gasteiger partial charge in [0.1, 0.15) is 0 Å². The number of rotatable bonds is 6. The highest BCUT2D eigenvalue weighted by Gasteiger charge is 2.40. The molecule has 0 fully saturated rings. The van der Waals surface area contributed by atoms with Gasteiger partial charge in [-0.25, -0.2) is 4.68 Å². The van der Waals surface area contributed by atoms with Gasteiger partial charge in [-0.05, 0) is 24.6 Å². The van der Waals surface area contributed by atoms with Crippen LogP contribution >= 0.6 is 11.6 Å². The fourth-order valence-corrected chi connectivity index (χ4v) is 2.29. The summed E-state index contributed by atoms with van der Waals surface area (Å²) in [5.74, 6) is -0.841. The smallest absolute Gasteiger partial charge is 0.385 e. The molecule has 0 atom stereocenters. The van der Waals surface area contributed by atoms with Crippen molar-refractivity contribution in [1.82, 2.24) is 15.1 Å². The number of methoxy groups -OCH3 is 1. The summed E-state index contributed by atoms with van der Waals surface area (Å²) in [4.78, 5) is 12.1. The van der Waals surface area contributed by atoms with E-state index in [2.05, 4.69) is 10.4 Å². The first-order valence-corrected chi connectivity index (χ1v) is 7.40. The van der Waals surface area contributed by atoms with E-state index in [9.17, 15) is 18.0 Å². The third-order valence-corrected chi connectivity index (χ3v) is 3.38. The second-order valence-corrected chi connectivity index (χ2v) is 5.33. The lowest BCUT2D eigenvalue weighted by Crippen LogP contribution is -2.28. The van der Waals surface area contributed by atoms with E-state index in [0.717, 1.165) is 6.20 Å². The van der Waals surface area contributed by atoms with Crippen LogP contribution in [-0.4, -0.2) is 35.9 Å². The van der Waals surface area contributed by atoms with Crippen molar-refractivity contribution in [3.05, 3.63) is 46.7 Å². The number of amides is 1. The van der Waals surface area contributed by atoms with Crippen LogP contribution in [0, 0.1) is 0 Å². The highest BCUT2D eigenvalue weighted by atomic mass is 35.5. The SMILES string of the molecule is COCCCNC(=O)c1cnn(-c2cccc(Cl)c2)c1C(F)(F)F. The van der Waals surface area contributed by atoms with E-state index >= 15 is 0 Å². The van der Waals surface area contributed by atoms with Crippen LogP contribution in [0.25, 0.3) is 5.69 Å². The van der Waals surface area contributed by atoms with Crippen LogP contribution in [0.3, 0.4) is 0 Å². The van der Waals surface area contributed by atoms with Crippen LogP contribution in [0.15, 0.2) is 30.5 Å². The van der Waals surface area contributed by atoms with Gasteiger partial charge < -0.3 is 10.1 Å². The maximum atomic E-state index is 13.4. The van der Waals surface area contributed by atoms with Crippen molar-refractivity contribution >= 4 is 17.5 Å². The van der Waals surface area contributed by atoms with Gasteiger partial charge in [-0.1, -0.05) is 17.7 Å². The summed E-state index contributed by atoms with van der Waals surface area (Å²) in [5.41, 5.74) is -1.57. The molecule has 1 aromatic carbocycles. The number of halogens is 4. The number of benzene rings is 1. The molecule has 1 heterocycles. The number of hydrogen-bond donors (Lipinski definition) is 1. The summed E-state index contributed by atoms with van der Waals surface area (Å²) < 4.78 is 45.8. The van der Waals surface area contributed by atoms with Gasteiger partial charge in [-0.2, -0.15) is 18.3 Å². The molecule has 9 heteroatoms. The van der Waals surface area contributed by atoms with E-state index in [4.69, 9.17) is 16.3 Å². The molecule has 0 aliphatic carbocycles. The molecule has 0 saturated carbocycles. The van der Waals surface area contributed by atoms with Gasteiger partial charge in [0.05, 0.1) is 17.4 Å². The largest absolute Gasteiger partial charge is 0.434 e. The van der Waals surface area contributed by atoms with E-state index < -0.39 is 23.3 Å². The Morgan fingerprint density at radius 3 is 2.79 bits per heavy atom. The molecule has 0 unspecified atom stereocenters. The molecular formula is C15H15ClF3N3O2. The highest BCUT2D eigenvalue weighted by molar-refractivity contribution is 6.30. The average molecular weight is 362 g/mol. The summed E-state index contributed by atoms with van der Waals surface area (Å²) in [6, 6.07) is 5.80. The third kappa shape index (κ3) is 4.27. The topological polar surface area (TPSA) is 56.1 Å². The van der Waals surface area contributed by atoms with Crippen molar-refractivity contribution in [2.24, 2.45) is 0 Å². The molecule has 0 saturated heterocycles. The van der Waals surface area contributed by atoms with E-state index in [1.165, 1.54) is 31.4 Å². The number of aromatic nitrogens is 2. The predicted molar refractivity (Wildman–Crippen MR) is 82.4 cm³/mol. The predicted octanol–water partition coefficient (Wildman–Crippen LogP) is 3.31. The Hall–Kier alpha value is -2.06. The number of hydrogen-bond acceptors (Lipinski definition) is 3. The van der Waals surface area contributed by atoms with E-state index in [1.807, 2.05) is 0 Å². The van der Waals surface area contributed by atoms with E-state index in [1.54, 1.807) is 0 Å². The zero-order valence-electron chi connectivity index (χ0n) is 12.7. The summed E-state index contributed by atoms with van der Waals surface area (Å²) in [5, 5.41) is 6.40. The van der Waals surface area contributed by atoms with Crippen LogP contribution < -0.4 is 5.32 Å². The molecule has 2 rings (SSSR count). The summed E-state index contributed by atoms with van der Waals surface area (Å²) in [6.07, 6.45) is -3.36. The first-order valence-electron chi connectivity index (χ1n) is 7.03. The third-order valence-electron chi connectivity index (χ3n) is 3.15. The lowest BCUT2D eigenvalue weighted by molar-refractivity contribution is -0.143. The first kappa shape index (κ1) is 18.3. The maximum Gasteiger partial charge on any atom is 0.434 e. The second-order valence-electron chi connectivity index (χ2n) is 4.90. The van der Waals surface area contributed by atoms with E-state index in [-0.39, 0.29) is 17.3 Å². The number of nitrogens with zero attached hydrogens (tertiary/aromatic N) is 2. The molecule has 0 bridgehead atoms. The number of nitrogens with one attached hydrogen (secondary N) is 1. The molecule has 130 valence electrons. The van der Waals surface area contributed by atoms with Gasteiger partial charge in [-0.15, -0.1) is 0 Å². The van der Waals surface area contributed by atoms with Crippen LogP contribution in [0.4, 0.5) is 13.2 Å². The monoisotopic (exact) mass is 361 g/mol. The second kappa shape index (κ2) is 7.67. The van der Waals surface area contributed by atoms with Crippen molar-refractivity contribution in [2.75, 3.05) is 20.3 Å². The molecule has 0 aliphatic heterocycles. The highest BCUT2D eigenvalue weighted by Crippen LogP contribution is 2.34. The van der Waals surface area contributed by atoms with Gasteiger partial charge in [0.2, 0.25) is 0 Å². The summed E-state index contributed by atoms with van der Waals surface area (Å²) in [7, 11) is 1.50. The van der Waals surface area contributed by atoms with Crippen LogP contribution in [0.5, 0.6) is 0 Å². The molecule has 2 aromatic rings. The molecule has 1 aromatic heterocycles. The minimum atomic E-state index is -4.75. The fourth-order valence-electron chi connectivity index (χ4n) is 2.10. The standard InChI is InChI=1S/C15H15ClF3N3O2/c1-24-7-3-6-20-14(23)12-9-21-22(13(12)15(17,18)19)11-5-2-4-10(16)8-11/h2,4-5,8-9H,3,6-7H2,1H3,(H,20,23). The van der Waals surface area contributed by atoms with Gasteiger partial charge in [0, 0.05) is 25.3 Å². The molecular weight excluding hydrogens is 347 g/mol. The lowest BCUT2D eigenvalue weighted by Gasteiger charge is -2.13. The van der Waals surface area contributed by atoms with Gasteiger partial charge in [0.15, 0.2) is 5.69 Å². The van der Waals surface area contributed by atoms with Crippen molar-refractivity contribution in [3.63, 3.8) is 0 Å². The summed E-state index contributed by atoms with van der Waals surface area (Å²) in [6.45, 7) is 0.598. The van der Waals surface area contributed by atoms with Crippen LogP contribution in [-0.2, 0) is 10.9 Å². The van der Waals surface area contributed by atoms with Gasteiger partial charge in [-0.3, -0.25) is 4.79 Å². The van der Waals surface area contributed by atoms with E-state index in [0.29, 0.717) is 17.7 Å². The minimum absolute atomic E-state index is 0.119. The van der Waals surface area contributed by atoms with Gasteiger partial charge in [0.25, 0.3) is 5.91 Å². The zero-order valence-corrected chi connectivity index (χ0v) is 13.5. The van der Waals surface area contributed by atoms with Crippen LogP contribution in [0.2, 0.25) is 5.02 Å². The average Bonchev–Trinajstić information content (AvgIpc) is 2.96. The Bertz CT molecular complexity index is 716. The molecule has 0 aliphatic rings. The number of carbonyl (C=O) groups is 1. The molecule has 0 radical (unpaired) electrons. The Morgan fingerprint density at radius 1 is 1.42 bits per heavy atom. The van der Waals surface area contributed by atoms with Crippen molar-refractivity contribution in [2.45, 2.75) is 12.6 Å². The first-order chi connectivity index (χ1) is 11.3. The number of alkyl halides is 3. The summed E-state index contributed by atoms with van der Waals surface area (Å²) >= 11 is 5.82. The molecule has 1 N–H and O–H groups in total. The molecule has 0 spiro atoms. The quantitative estimate of drug-likeness (QED) is 0.803. The lowest BCUT2D eigenvalue weighted by atomic mass is 10.2. The van der Waals surface area contributed by atoms with Crippen molar-refractivity contribution in [1.29, 1.82) is 0 Å². The van der Waals surface area contributed by atoms with Gasteiger partial charge >= 0.3 is 6.18 Å². The molecule has 5 nitrogen and oxygen atoms in total. The van der Waals surface area contributed by atoms with Crippen molar-refractivity contribution in [3.8, 4) is 5.69 Å². The normalized spacial score (nSPS) is 11.5. The minimum Gasteiger partial charge on any atom is -0.385 e. The Labute approximate surface area is 141 Å². The molecule has 24 heavy (non-hydrogen) atoms. The zero-order chi connectivity index (χ0) is 17.7. The Balaban J connectivity index is 2.35. The number of ether oxygens (including phenoxy) is 1. The Morgan fingerprint density at radius 2 is 2.17 bits per heavy atom.